The van der Waals surface area contributed by atoms with Gasteiger partial charge in [0.25, 0.3) is 0 Å². The van der Waals surface area contributed by atoms with Gasteiger partial charge in [-0.1, -0.05) is 23.3 Å². The molecule has 4 aromatic rings. The van der Waals surface area contributed by atoms with Crippen LogP contribution in [-0.4, -0.2) is 22.2 Å². The number of hydrogen-bond acceptors (Lipinski definition) is 2. The minimum absolute atomic E-state index is 0.611. The molecule has 0 saturated carbocycles. The molecular weight excluding hydrogens is 416 g/mol. The molecule has 34 heavy (non-hydrogen) atoms. The van der Waals surface area contributed by atoms with Crippen molar-refractivity contribution in [2.24, 2.45) is 0 Å². The van der Waals surface area contributed by atoms with Gasteiger partial charge < -0.3 is 19.8 Å². The van der Waals surface area contributed by atoms with Gasteiger partial charge in [-0.05, 0) is 87.8 Å². The van der Waals surface area contributed by atoms with E-state index < -0.39 is 0 Å². The SMILES string of the molecule is Cc1ccc2c(c1)c1c3n2CCNC3CCC1.Cc1ccc2c(c1)c1c3n2CCN[C@@H]3CCC1. The summed E-state index contributed by atoms with van der Waals surface area (Å²) in [4.78, 5) is 0. The van der Waals surface area contributed by atoms with Crippen molar-refractivity contribution < 1.29 is 0 Å². The number of benzene rings is 2. The smallest absolute Gasteiger partial charge is 0.0486 e. The molecule has 4 nitrogen and oxygen atoms in total. The Labute approximate surface area is 202 Å². The third-order valence-electron chi connectivity index (χ3n) is 8.69. The zero-order chi connectivity index (χ0) is 22.8. The molecule has 2 N–H and O–H groups in total. The van der Waals surface area contributed by atoms with Crippen LogP contribution in [-0.2, 0) is 25.9 Å². The molecular formula is C30H36N4. The fourth-order valence-corrected chi connectivity index (χ4v) is 7.26. The normalized spacial score (nSPS) is 22.8. The molecule has 2 aromatic carbocycles. The number of aryl methyl sites for hydroxylation is 4. The average Bonchev–Trinajstić information content (AvgIpc) is 3.35. The summed E-state index contributed by atoms with van der Waals surface area (Å²) in [6, 6.07) is 15.1. The monoisotopic (exact) mass is 452 g/mol. The third kappa shape index (κ3) is 3.11. The maximum atomic E-state index is 3.67. The van der Waals surface area contributed by atoms with Gasteiger partial charge in [0.1, 0.15) is 0 Å². The first kappa shape index (κ1) is 20.8. The Balaban J connectivity index is 0.000000118. The van der Waals surface area contributed by atoms with E-state index >= 15 is 0 Å². The van der Waals surface area contributed by atoms with Crippen molar-refractivity contribution in [3.63, 3.8) is 0 Å². The van der Waals surface area contributed by atoms with E-state index in [9.17, 15) is 0 Å². The second-order valence-corrected chi connectivity index (χ2v) is 10.9. The molecule has 2 aliphatic heterocycles. The van der Waals surface area contributed by atoms with Gasteiger partial charge in [-0.25, -0.2) is 0 Å². The summed E-state index contributed by atoms with van der Waals surface area (Å²) in [5.74, 6) is 0. The predicted octanol–water partition coefficient (Wildman–Crippen LogP) is 5.86. The van der Waals surface area contributed by atoms with E-state index in [4.69, 9.17) is 0 Å². The summed E-state index contributed by atoms with van der Waals surface area (Å²) in [6.45, 7) is 8.89. The van der Waals surface area contributed by atoms with E-state index in [1.165, 1.54) is 71.5 Å². The zero-order valence-electron chi connectivity index (χ0n) is 20.6. The summed E-state index contributed by atoms with van der Waals surface area (Å²) in [5.41, 5.74) is 12.1. The first-order chi connectivity index (χ1) is 16.7. The summed E-state index contributed by atoms with van der Waals surface area (Å²) < 4.78 is 5.12. The summed E-state index contributed by atoms with van der Waals surface area (Å²) in [5, 5.41) is 10.4. The Bertz CT molecular complexity index is 1290. The van der Waals surface area contributed by atoms with Gasteiger partial charge in [0.15, 0.2) is 0 Å². The molecule has 2 atom stereocenters. The van der Waals surface area contributed by atoms with E-state index in [2.05, 4.69) is 70.0 Å². The Kier molecular flexibility index (Phi) is 4.89. The minimum Gasteiger partial charge on any atom is -0.342 e. The maximum Gasteiger partial charge on any atom is 0.0486 e. The van der Waals surface area contributed by atoms with Crippen molar-refractivity contribution in [2.45, 2.75) is 77.5 Å². The second kappa shape index (κ2) is 8.00. The quantitative estimate of drug-likeness (QED) is 0.350. The van der Waals surface area contributed by atoms with Crippen LogP contribution >= 0.6 is 0 Å². The van der Waals surface area contributed by atoms with Gasteiger partial charge in [0.2, 0.25) is 0 Å². The Hall–Kier alpha value is -2.56. The number of nitrogens with one attached hydrogen (secondary N) is 2. The van der Waals surface area contributed by atoms with E-state index in [-0.39, 0.29) is 0 Å². The summed E-state index contributed by atoms with van der Waals surface area (Å²) in [6.07, 6.45) is 7.81. The van der Waals surface area contributed by atoms with E-state index in [0.717, 1.165) is 26.2 Å². The molecule has 2 aromatic heterocycles. The van der Waals surface area contributed by atoms with Crippen LogP contribution in [0.15, 0.2) is 36.4 Å². The van der Waals surface area contributed by atoms with Gasteiger partial charge in [-0.2, -0.15) is 0 Å². The molecule has 0 bridgehead atoms. The number of aromatic nitrogens is 2. The van der Waals surface area contributed by atoms with E-state index in [1.54, 1.807) is 22.5 Å². The lowest BCUT2D eigenvalue weighted by Gasteiger charge is -2.31. The first-order valence-electron chi connectivity index (χ1n) is 13.4. The van der Waals surface area contributed by atoms with Gasteiger partial charge in [0, 0.05) is 71.5 Å². The van der Waals surface area contributed by atoms with Crippen molar-refractivity contribution in [3.8, 4) is 0 Å². The van der Waals surface area contributed by atoms with E-state index in [1.807, 2.05) is 0 Å². The van der Waals surface area contributed by atoms with Crippen LogP contribution in [0.3, 0.4) is 0 Å². The van der Waals surface area contributed by atoms with Gasteiger partial charge in [0.05, 0.1) is 0 Å². The standard InChI is InChI=1S/2C15H18N2/c2*1-10-5-6-14-12(9-10)11-3-2-4-13-15(11)17(14)8-7-16-13/h2*5-6,9,13,16H,2-4,7-8H2,1H3/t13-;/m1./s1. The lowest BCUT2D eigenvalue weighted by Crippen LogP contribution is -2.35. The van der Waals surface area contributed by atoms with Gasteiger partial charge >= 0.3 is 0 Å². The molecule has 0 spiro atoms. The van der Waals surface area contributed by atoms with Crippen molar-refractivity contribution in [3.05, 3.63) is 70.0 Å². The molecule has 0 saturated heterocycles. The highest BCUT2D eigenvalue weighted by molar-refractivity contribution is 5.87. The molecule has 0 amide bonds. The second-order valence-electron chi connectivity index (χ2n) is 10.9. The third-order valence-corrected chi connectivity index (χ3v) is 8.69. The molecule has 2 aliphatic carbocycles. The molecule has 4 aliphatic rings. The average molecular weight is 453 g/mol. The van der Waals surface area contributed by atoms with Crippen LogP contribution in [0.4, 0.5) is 0 Å². The lowest BCUT2D eigenvalue weighted by atomic mass is 9.90. The Morgan fingerprint density at radius 2 is 1.15 bits per heavy atom. The first-order valence-corrected chi connectivity index (χ1v) is 13.4. The van der Waals surface area contributed by atoms with Crippen molar-refractivity contribution in [1.29, 1.82) is 0 Å². The number of nitrogens with zero attached hydrogens (tertiary/aromatic N) is 2. The molecule has 8 rings (SSSR count). The zero-order valence-corrected chi connectivity index (χ0v) is 20.6. The van der Waals surface area contributed by atoms with Gasteiger partial charge in [-0.15, -0.1) is 0 Å². The summed E-state index contributed by atoms with van der Waals surface area (Å²) in [7, 11) is 0. The summed E-state index contributed by atoms with van der Waals surface area (Å²) >= 11 is 0. The molecule has 1 unspecified atom stereocenters. The number of rotatable bonds is 0. The minimum atomic E-state index is 0.611. The maximum absolute atomic E-state index is 3.67. The van der Waals surface area contributed by atoms with Crippen LogP contribution < -0.4 is 10.6 Å². The molecule has 4 heterocycles. The topological polar surface area (TPSA) is 33.9 Å². The largest absolute Gasteiger partial charge is 0.342 e. The number of hydrogen-bond donors (Lipinski definition) is 2. The van der Waals surface area contributed by atoms with Crippen molar-refractivity contribution >= 4 is 21.8 Å². The van der Waals surface area contributed by atoms with Crippen LogP contribution in [0.25, 0.3) is 21.8 Å². The van der Waals surface area contributed by atoms with Crippen LogP contribution in [0.5, 0.6) is 0 Å². The molecule has 0 radical (unpaired) electrons. The Morgan fingerprint density at radius 3 is 1.62 bits per heavy atom. The predicted molar refractivity (Wildman–Crippen MR) is 141 cm³/mol. The van der Waals surface area contributed by atoms with Crippen molar-refractivity contribution in [1.82, 2.24) is 19.8 Å². The van der Waals surface area contributed by atoms with Crippen LogP contribution in [0.2, 0.25) is 0 Å². The lowest BCUT2D eigenvalue weighted by molar-refractivity contribution is 0.384. The highest BCUT2D eigenvalue weighted by atomic mass is 15.1. The highest BCUT2D eigenvalue weighted by Gasteiger charge is 2.30. The molecule has 176 valence electrons. The fourth-order valence-electron chi connectivity index (χ4n) is 7.26. The van der Waals surface area contributed by atoms with E-state index in [0.29, 0.717) is 12.1 Å². The fraction of sp³-hybridized carbons (Fsp3) is 0.467. The van der Waals surface area contributed by atoms with Crippen LogP contribution in [0.1, 0.15) is 71.4 Å². The molecule has 4 heteroatoms. The highest BCUT2D eigenvalue weighted by Crippen LogP contribution is 2.40. The molecule has 0 fully saturated rings. The Morgan fingerprint density at radius 1 is 0.676 bits per heavy atom. The van der Waals surface area contributed by atoms with Gasteiger partial charge in [-0.3, -0.25) is 0 Å². The van der Waals surface area contributed by atoms with Crippen LogP contribution in [0, 0.1) is 13.8 Å². The number of fused-ring (bicyclic) bond motifs is 6. The van der Waals surface area contributed by atoms with Crippen molar-refractivity contribution in [2.75, 3.05) is 13.1 Å².